The maximum atomic E-state index is 5.74. The van der Waals surface area contributed by atoms with E-state index >= 15 is 0 Å². The number of hydrogen-bond acceptors (Lipinski definition) is 3. The Kier molecular flexibility index (Phi) is 3.37. The van der Waals surface area contributed by atoms with Crippen molar-refractivity contribution >= 4 is 17.1 Å². The molecular weight excluding hydrogens is 202 g/mol. The van der Waals surface area contributed by atoms with Crippen LogP contribution < -0.4 is 17.2 Å². The van der Waals surface area contributed by atoms with E-state index in [1.165, 1.54) is 0 Å². The minimum absolute atomic E-state index is 0. The summed E-state index contributed by atoms with van der Waals surface area (Å²) in [7, 11) is 0. The number of hydrogen-bond donors (Lipinski definition) is 3. The molecule has 0 bridgehead atoms. The van der Waals surface area contributed by atoms with Crippen molar-refractivity contribution in [3.8, 4) is 11.1 Å². The SMILES string of the molecule is Nc1cccc(-c2ccc(N)c(N)c2)c1.O. The normalized spacial score (nSPS) is 9.50. The second-order valence-electron chi connectivity index (χ2n) is 3.47. The van der Waals surface area contributed by atoms with Crippen LogP contribution in [-0.2, 0) is 0 Å². The van der Waals surface area contributed by atoms with E-state index in [1.807, 2.05) is 36.4 Å². The first-order chi connectivity index (χ1) is 7.16. The van der Waals surface area contributed by atoms with Crippen LogP contribution in [0.15, 0.2) is 42.5 Å². The largest absolute Gasteiger partial charge is 0.412 e. The standard InChI is InChI=1S/C12H13N3.H2O/c13-10-3-1-2-8(6-10)9-4-5-11(14)12(15)7-9;/h1-7H,13-15H2;1H2. The van der Waals surface area contributed by atoms with Crippen LogP contribution in [0.3, 0.4) is 0 Å². The fraction of sp³-hybridized carbons (Fsp3) is 0. The Morgan fingerprint density at radius 3 is 2.00 bits per heavy atom. The highest BCUT2D eigenvalue weighted by molar-refractivity contribution is 5.75. The van der Waals surface area contributed by atoms with Gasteiger partial charge >= 0.3 is 0 Å². The van der Waals surface area contributed by atoms with Gasteiger partial charge in [0.2, 0.25) is 0 Å². The van der Waals surface area contributed by atoms with Gasteiger partial charge in [0.15, 0.2) is 0 Å². The van der Waals surface area contributed by atoms with Crippen molar-refractivity contribution in [1.29, 1.82) is 0 Å². The topological polar surface area (TPSA) is 110 Å². The van der Waals surface area contributed by atoms with E-state index < -0.39 is 0 Å². The third-order valence-electron chi connectivity index (χ3n) is 2.31. The lowest BCUT2D eigenvalue weighted by Gasteiger charge is -2.05. The highest BCUT2D eigenvalue weighted by atomic mass is 16.0. The first-order valence-corrected chi connectivity index (χ1v) is 4.68. The van der Waals surface area contributed by atoms with Gasteiger partial charge in [-0.25, -0.2) is 0 Å². The predicted octanol–water partition coefficient (Wildman–Crippen LogP) is 1.28. The molecule has 16 heavy (non-hydrogen) atoms. The van der Waals surface area contributed by atoms with Crippen LogP contribution >= 0.6 is 0 Å². The van der Waals surface area contributed by atoms with E-state index in [0.29, 0.717) is 11.4 Å². The summed E-state index contributed by atoms with van der Waals surface area (Å²) in [6.45, 7) is 0. The average molecular weight is 217 g/mol. The van der Waals surface area contributed by atoms with Gasteiger partial charge in [-0.2, -0.15) is 0 Å². The van der Waals surface area contributed by atoms with Crippen LogP contribution in [0.25, 0.3) is 11.1 Å². The molecule has 8 N–H and O–H groups in total. The number of nitrogens with two attached hydrogens (primary N) is 3. The highest BCUT2D eigenvalue weighted by Crippen LogP contribution is 2.26. The summed E-state index contributed by atoms with van der Waals surface area (Å²) in [5.74, 6) is 0. The summed E-state index contributed by atoms with van der Waals surface area (Å²) in [5, 5.41) is 0. The van der Waals surface area contributed by atoms with Gasteiger partial charge in [-0.05, 0) is 35.4 Å². The fourth-order valence-corrected chi connectivity index (χ4v) is 1.47. The molecule has 4 heteroatoms. The first kappa shape index (κ1) is 11.9. The maximum Gasteiger partial charge on any atom is 0.0554 e. The molecule has 84 valence electrons. The van der Waals surface area contributed by atoms with E-state index in [4.69, 9.17) is 17.2 Å². The molecule has 0 aliphatic rings. The quantitative estimate of drug-likeness (QED) is 0.625. The third kappa shape index (κ3) is 2.24. The number of nitrogen functional groups attached to an aromatic ring is 3. The Bertz CT molecular complexity index is 497. The molecule has 0 aromatic heterocycles. The maximum absolute atomic E-state index is 5.74. The molecule has 2 aromatic rings. The molecule has 0 spiro atoms. The summed E-state index contributed by atoms with van der Waals surface area (Å²) in [6, 6.07) is 13.2. The number of rotatable bonds is 1. The highest BCUT2D eigenvalue weighted by Gasteiger charge is 2.00. The fourth-order valence-electron chi connectivity index (χ4n) is 1.47. The minimum Gasteiger partial charge on any atom is -0.412 e. The van der Waals surface area contributed by atoms with E-state index in [1.54, 1.807) is 6.07 Å². The zero-order valence-corrected chi connectivity index (χ0v) is 8.77. The Hall–Kier alpha value is -2.20. The van der Waals surface area contributed by atoms with Crippen LogP contribution in [0.1, 0.15) is 0 Å². The molecule has 2 rings (SSSR count). The molecule has 0 unspecified atom stereocenters. The molecule has 0 radical (unpaired) electrons. The Labute approximate surface area is 94.0 Å². The van der Waals surface area contributed by atoms with Crippen molar-refractivity contribution in [2.75, 3.05) is 17.2 Å². The Morgan fingerprint density at radius 1 is 0.688 bits per heavy atom. The lowest BCUT2D eigenvalue weighted by Crippen LogP contribution is -1.94. The van der Waals surface area contributed by atoms with E-state index in [-0.39, 0.29) is 5.48 Å². The third-order valence-corrected chi connectivity index (χ3v) is 2.31. The molecule has 0 saturated heterocycles. The van der Waals surface area contributed by atoms with E-state index in [0.717, 1.165) is 16.8 Å². The molecule has 0 saturated carbocycles. The van der Waals surface area contributed by atoms with E-state index in [9.17, 15) is 0 Å². The predicted molar refractivity (Wildman–Crippen MR) is 68.7 cm³/mol. The van der Waals surface area contributed by atoms with Gasteiger partial charge < -0.3 is 22.7 Å². The monoisotopic (exact) mass is 217 g/mol. The summed E-state index contributed by atoms with van der Waals surface area (Å²) in [6.07, 6.45) is 0. The van der Waals surface area contributed by atoms with Crippen molar-refractivity contribution in [3.05, 3.63) is 42.5 Å². The minimum atomic E-state index is 0. The van der Waals surface area contributed by atoms with Crippen LogP contribution in [-0.4, -0.2) is 5.48 Å². The van der Waals surface area contributed by atoms with Crippen LogP contribution in [0.4, 0.5) is 17.1 Å². The Morgan fingerprint density at radius 2 is 1.38 bits per heavy atom. The second kappa shape index (κ2) is 4.55. The van der Waals surface area contributed by atoms with Crippen LogP contribution in [0, 0.1) is 0 Å². The lowest BCUT2D eigenvalue weighted by atomic mass is 10.0. The molecule has 0 amide bonds. The summed E-state index contributed by atoms with van der Waals surface area (Å²) < 4.78 is 0. The number of benzene rings is 2. The van der Waals surface area contributed by atoms with Gasteiger partial charge in [-0.3, -0.25) is 0 Å². The van der Waals surface area contributed by atoms with Crippen LogP contribution in [0.2, 0.25) is 0 Å². The van der Waals surface area contributed by atoms with Crippen molar-refractivity contribution in [3.63, 3.8) is 0 Å². The van der Waals surface area contributed by atoms with Gasteiger partial charge in [0, 0.05) is 5.69 Å². The molecule has 0 aliphatic carbocycles. The van der Waals surface area contributed by atoms with E-state index in [2.05, 4.69) is 0 Å². The molecule has 0 aliphatic heterocycles. The second-order valence-corrected chi connectivity index (χ2v) is 3.47. The average Bonchev–Trinajstić information content (AvgIpc) is 2.22. The van der Waals surface area contributed by atoms with Crippen molar-refractivity contribution in [2.45, 2.75) is 0 Å². The lowest BCUT2D eigenvalue weighted by molar-refractivity contribution is 0.824. The van der Waals surface area contributed by atoms with Gasteiger partial charge in [-0.1, -0.05) is 18.2 Å². The van der Waals surface area contributed by atoms with Gasteiger partial charge in [0.25, 0.3) is 0 Å². The van der Waals surface area contributed by atoms with Crippen molar-refractivity contribution in [1.82, 2.24) is 0 Å². The van der Waals surface area contributed by atoms with Gasteiger partial charge in [0.1, 0.15) is 0 Å². The van der Waals surface area contributed by atoms with Crippen molar-refractivity contribution < 1.29 is 5.48 Å². The molecule has 0 atom stereocenters. The molecular formula is C12H15N3O. The summed E-state index contributed by atoms with van der Waals surface area (Å²) in [5.41, 5.74) is 21.1. The van der Waals surface area contributed by atoms with Gasteiger partial charge in [0.05, 0.1) is 11.4 Å². The molecule has 0 fully saturated rings. The summed E-state index contributed by atoms with van der Waals surface area (Å²) >= 11 is 0. The van der Waals surface area contributed by atoms with Crippen LogP contribution in [0.5, 0.6) is 0 Å². The van der Waals surface area contributed by atoms with Gasteiger partial charge in [-0.15, -0.1) is 0 Å². The van der Waals surface area contributed by atoms with Crippen molar-refractivity contribution in [2.24, 2.45) is 0 Å². The zero-order valence-electron chi connectivity index (χ0n) is 8.77. The molecule has 2 aromatic carbocycles. The summed E-state index contributed by atoms with van der Waals surface area (Å²) in [4.78, 5) is 0. The molecule has 0 heterocycles. The zero-order chi connectivity index (χ0) is 10.8. The smallest absolute Gasteiger partial charge is 0.0554 e. The Balaban J connectivity index is 0.00000128. The first-order valence-electron chi connectivity index (χ1n) is 4.68. The molecule has 4 nitrogen and oxygen atoms in total. The number of anilines is 3.